The molecule has 1 aliphatic rings. The van der Waals surface area contributed by atoms with Gasteiger partial charge in [0.15, 0.2) is 17.7 Å². The molecule has 4 atom stereocenters. The summed E-state index contributed by atoms with van der Waals surface area (Å²) in [5.41, 5.74) is -1.84. The SMILES string of the molecule is Cc1nonc1C(=O)N[C@H](c1nc2c(F)c(C(C(=O)N[C@@H](C)C(F)(F)F)C(F)C(F)F)ccc2[nH]1)C1CCC(F)(F)CC1. The summed E-state index contributed by atoms with van der Waals surface area (Å²) in [4.78, 5) is 32.3. The van der Waals surface area contributed by atoms with E-state index in [0.29, 0.717) is 6.92 Å². The minimum atomic E-state index is -5.00. The van der Waals surface area contributed by atoms with E-state index in [1.54, 1.807) is 0 Å². The topological polar surface area (TPSA) is 126 Å². The van der Waals surface area contributed by atoms with Crippen LogP contribution in [0.4, 0.5) is 39.5 Å². The average molecular weight is 628 g/mol. The fraction of sp³-hybridized carbons (Fsp3) is 0.560. The van der Waals surface area contributed by atoms with Crippen LogP contribution in [0.15, 0.2) is 16.8 Å². The molecule has 3 N–H and O–H groups in total. The number of carbonyl (C=O) groups is 2. The van der Waals surface area contributed by atoms with Gasteiger partial charge in [0.2, 0.25) is 11.8 Å². The van der Waals surface area contributed by atoms with Gasteiger partial charge in [-0.15, -0.1) is 0 Å². The lowest BCUT2D eigenvalue weighted by Gasteiger charge is -2.33. The zero-order valence-electron chi connectivity index (χ0n) is 22.4. The number of alkyl halides is 8. The number of aromatic nitrogens is 4. The lowest BCUT2D eigenvalue weighted by Crippen LogP contribution is -2.47. The summed E-state index contributed by atoms with van der Waals surface area (Å²) in [6, 6.07) is -1.92. The van der Waals surface area contributed by atoms with Crippen LogP contribution in [0, 0.1) is 18.7 Å². The van der Waals surface area contributed by atoms with Crippen molar-refractivity contribution in [3.05, 3.63) is 40.7 Å². The normalized spacial score (nSPS) is 18.8. The van der Waals surface area contributed by atoms with Gasteiger partial charge in [0.25, 0.3) is 12.3 Å². The first-order valence-corrected chi connectivity index (χ1v) is 13.0. The number of fused-ring (bicyclic) bond motifs is 1. The number of imidazole rings is 1. The number of benzene rings is 1. The van der Waals surface area contributed by atoms with Gasteiger partial charge in [0.1, 0.15) is 29.0 Å². The molecule has 2 heterocycles. The number of aryl methyl sites for hydroxylation is 1. The Balaban J connectivity index is 1.73. The number of amides is 2. The van der Waals surface area contributed by atoms with Gasteiger partial charge in [-0.05, 0) is 43.8 Å². The molecule has 4 rings (SSSR count). The average Bonchev–Trinajstić information content (AvgIpc) is 3.55. The number of halogens is 9. The predicted molar refractivity (Wildman–Crippen MR) is 129 cm³/mol. The quantitative estimate of drug-likeness (QED) is 0.271. The van der Waals surface area contributed by atoms with E-state index < -0.39 is 90.2 Å². The Morgan fingerprint density at radius 2 is 1.74 bits per heavy atom. The monoisotopic (exact) mass is 628 g/mol. The summed E-state index contributed by atoms with van der Waals surface area (Å²) < 4.78 is 128. The molecule has 9 nitrogen and oxygen atoms in total. The number of nitrogens with one attached hydrogen (secondary N) is 3. The van der Waals surface area contributed by atoms with Crippen molar-refractivity contribution in [3.8, 4) is 0 Å². The summed E-state index contributed by atoms with van der Waals surface area (Å²) in [6.45, 7) is 1.91. The fourth-order valence-electron chi connectivity index (χ4n) is 4.90. The fourth-order valence-corrected chi connectivity index (χ4v) is 4.90. The highest BCUT2D eigenvalue weighted by Gasteiger charge is 2.44. The van der Waals surface area contributed by atoms with Crippen molar-refractivity contribution < 1.29 is 53.7 Å². The highest BCUT2D eigenvalue weighted by molar-refractivity contribution is 5.93. The third-order valence-corrected chi connectivity index (χ3v) is 7.35. The van der Waals surface area contributed by atoms with Crippen LogP contribution in [0.1, 0.15) is 72.1 Å². The lowest BCUT2D eigenvalue weighted by atomic mass is 9.81. The smallest absolute Gasteiger partial charge is 0.344 e. The molecule has 43 heavy (non-hydrogen) atoms. The van der Waals surface area contributed by atoms with Gasteiger partial charge in [0.05, 0.1) is 11.6 Å². The molecular formula is C25H25F9N6O3. The van der Waals surface area contributed by atoms with Crippen molar-refractivity contribution in [1.82, 2.24) is 30.9 Å². The number of carbonyl (C=O) groups excluding carboxylic acids is 2. The molecule has 2 amide bonds. The number of aromatic amines is 1. The Morgan fingerprint density at radius 1 is 1.09 bits per heavy atom. The highest BCUT2D eigenvalue weighted by atomic mass is 19.4. The van der Waals surface area contributed by atoms with E-state index in [-0.39, 0.29) is 35.6 Å². The Bertz CT molecular complexity index is 1460. The largest absolute Gasteiger partial charge is 0.408 e. The standard InChI is InChI=1S/C25H25F9N6O3/c1-9-17(40-43-39-9)23(42)38-18(11-5-7-24(30,31)8-6-11)21-36-13-4-3-12(15(26)19(13)37-21)14(16(27)20(28)29)22(41)35-10(2)25(32,33)34/h3-4,10-11,14,16,18,20H,5-8H2,1-2H3,(H,35,41)(H,36,37)(H,38,42)/t10-,14?,16?,18-/m0/s1. The van der Waals surface area contributed by atoms with Gasteiger partial charge >= 0.3 is 6.18 Å². The molecular weight excluding hydrogens is 603 g/mol. The summed E-state index contributed by atoms with van der Waals surface area (Å²) >= 11 is 0. The number of hydrogen-bond donors (Lipinski definition) is 3. The number of H-pyrrole nitrogens is 1. The molecule has 3 aromatic rings. The van der Waals surface area contributed by atoms with Crippen molar-refractivity contribution in [2.24, 2.45) is 5.92 Å². The van der Waals surface area contributed by atoms with E-state index in [9.17, 15) is 44.7 Å². The molecule has 1 aliphatic carbocycles. The van der Waals surface area contributed by atoms with Crippen molar-refractivity contribution in [1.29, 1.82) is 0 Å². The van der Waals surface area contributed by atoms with Gasteiger partial charge in [-0.25, -0.2) is 36.0 Å². The first kappa shape index (κ1) is 32.1. The molecule has 1 saturated carbocycles. The minimum Gasteiger partial charge on any atom is -0.344 e. The molecule has 0 spiro atoms. The molecule has 236 valence electrons. The molecule has 2 unspecified atom stereocenters. The second kappa shape index (κ2) is 12.0. The maximum absolute atomic E-state index is 15.7. The Labute approximate surface area is 236 Å². The van der Waals surface area contributed by atoms with Gasteiger partial charge < -0.3 is 15.6 Å². The van der Waals surface area contributed by atoms with Gasteiger partial charge in [-0.2, -0.15) is 13.2 Å². The van der Waals surface area contributed by atoms with E-state index in [0.717, 1.165) is 12.1 Å². The zero-order chi connectivity index (χ0) is 31.9. The Kier molecular flexibility index (Phi) is 8.97. The summed E-state index contributed by atoms with van der Waals surface area (Å²) in [5.74, 6) is -10.6. The van der Waals surface area contributed by atoms with Crippen molar-refractivity contribution in [2.75, 3.05) is 0 Å². The van der Waals surface area contributed by atoms with Crippen LogP contribution in [-0.4, -0.2) is 62.8 Å². The maximum Gasteiger partial charge on any atom is 0.408 e. The summed E-state index contributed by atoms with van der Waals surface area (Å²) in [5, 5.41) is 11.0. The second-order valence-corrected chi connectivity index (χ2v) is 10.4. The van der Waals surface area contributed by atoms with Crippen molar-refractivity contribution in [3.63, 3.8) is 0 Å². The van der Waals surface area contributed by atoms with Gasteiger partial charge in [-0.3, -0.25) is 9.59 Å². The molecule has 0 bridgehead atoms. The Hall–Kier alpha value is -3.86. The van der Waals surface area contributed by atoms with Crippen LogP contribution in [0.5, 0.6) is 0 Å². The molecule has 0 radical (unpaired) electrons. The van der Waals surface area contributed by atoms with Crippen LogP contribution >= 0.6 is 0 Å². The third-order valence-electron chi connectivity index (χ3n) is 7.35. The van der Waals surface area contributed by atoms with E-state index >= 15 is 4.39 Å². The van der Waals surface area contributed by atoms with E-state index in [2.05, 4.69) is 30.2 Å². The molecule has 1 aromatic carbocycles. The van der Waals surface area contributed by atoms with Crippen LogP contribution in [0.2, 0.25) is 0 Å². The summed E-state index contributed by atoms with van der Waals surface area (Å²) in [6.07, 6.45) is -13.5. The van der Waals surface area contributed by atoms with Crippen molar-refractivity contribution in [2.45, 2.75) is 82.2 Å². The summed E-state index contributed by atoms with van der Waals surface area (Å²) in [7, 11) is 0. The number of hydrogen-bond acceptors (Lipinski definition) is 6. The lowest BCUT2D eigenvalue weighted by molar-refractivity contribution is -0.159. The second-order valence-electron chi connectivity index (χ2n) is 10.4. The van der Waals surface area contributed by atoms with Crippen LogP contribution in [-0.2, 0) is 4.79 Å². The molecule has 1 fully saturated rings. The first-order valence-electron chi connectivity index (χ1n) is 13.0. The highest BCUT2D eigenvalue weighted by Crippen LogP contribution is 2.42. The van der Waals surface area contributed by atoms with Crippen LogP contribution in [0.25, 0.3) is 11.0 Å². The first-order chi connectivity index (χ1) is 20.0. The third kappa shape index (κ3) is 6.87. The number of rotatable bonds is 9. The maximum atomic E-state index is 15.7. The van der Waals surface area contributed by atoms with E-state index in [1.165, 1.54) is 12.2 Å². The zero-order valence-corrected chi connectivity index (χ0v) is 22.4. The van der Waals surface area contributed by atoms with Gasteiger partial charge in [0, 0.05) is 18.4 Å². The van der Waals surface area contributed by atoms with Crippen molar-refractivity contribution >= 4 is 22.8 Å². The van der Waals surface area contributed by atoms with Crippen LogP contribution < -0.4 is 10.6 Å². The van der Waals surface area contributed by atoms with E-state index in [1.807, 2.05) is 0 Å². The Morgan fingerprint density at radius 3 is 2.30 bits per heavy atom. The molecule has 18 heteroatoms. The minimum absolute atomic E-state index is 0.0870. The predicted octanol–water partition coefficient (Wildman–Crippen LogP) is 5.44. The molecule has 0 saturated heterocycles. The van der Waals surface area contributed by atoms with Crippen LogP contribution in [0.3, 0.4) is 0 Å². The molecule has 2 aromatic heterocycles. The van der Waals surface area contributed by atoms with E-state index in [4.69, 9.17) is 0 Å². The molecule has 0 aliphatic heterocycles. The number of nitrogens with zero attached hydrogens (tertiary/aromatic N) is 3. The van der Waals surface area contributed by atoms with Gasteiger partial charge in [-0.1, -0.05) is 11.2 Å².